The summed E-state index contributed by atoms with van der Waals surface area (Å²) in [5.41, 5.74) is 2.13. The van der Waals surface area contributed by atoms with Crippen molar-refractivity contribution in [3.8, 4) is 10.6 Å². The third-order valence-electron chi connectivity index (χ3n) is 2.81. The summed E-state index contributed by atoms with van der Waals surface area (Å²) in [6.45, 7) is 8.56. The molecule has 0 atom stereocenters. The summed E-state index contributed by atoms with van der Waals surface area (Å²) in [6.07, 6.45) is 8.77. The summed E-state index contributed by atoms with van der Waals surface area (Å²) in [4.78, 5) is 10.4. The molecular weight excluding hydrogens is 266 g/mol. The first-order valence-electron chi connectivity index (χ1n) is 6.72. The van der Waals surface area contributed by atoms with Crippen LogP contribution in [0.4, 0.5) is 5.82 Å². The fourth-order valence-corrected chi connectivity index (χ4v) is 2.81. The minimum atomic E-state index is 0.717. The first-order chi connectivity index (χ1) is 9.78. The van der Waals surface area contributed by atoms with Crippen LogP contribution in [0.1, 0.15) is 24.4 Å². The molecule has 2 heterocycles. The topological polar surface area (TPSA) is 37.8 Å². The van der Waals surface area contributed by atoms with E-state index in [0.717, 1.165) is 35.0 Å². The number of hydrogen-bond donors (Lipinski definition) is 1. The number of allylic oxidation sites excluding steroid dienone is 1. The average molecular weight is 285 g/mol. The molecule has 3 nitrogen and oxygen atoms in total. The maximum absolute atomic E-state index is 4.69. The molecule has 0 radical (unpaired) electrons. The molecule has 0 fully saturated rings. The van der Waals surface area contributed by atoms with Gasteiger partial charge in [-0.25, -0.2) is 9.97 Å². The molecular formula is C16H19N3S. The molecule has 0 saturated heterocycles. The van der Waals surface area contributed by atoms with E-state index in [0.29, 0.717) is 0 Å². The fourth-order valence-electron chi connectivity index (χ4n) is 1.83. The number of nitrogens with one attached hydrogen (secondary N) is 1. The lowest BCUT2D eigenvalue weighted by Crippen LogP contribution is -1.99. The monoisotopic (exact) mass is 285 g/mol. The normalized spacial score (nSPS) is 10.9. The molecule has 104 valence electrons. The second-order valence-corrected chi connectivity index (χ2v) is 5.37. The molecule has 20 heavy (non-hydrogen) atoms. The molecule has 2 aromatic heterocycles. The van der Waals surface area contributed by atoms with Crippen LogP contribution >= 0.6 is 11.3 Å². The molecule has 0 aliphatic heterocycles. The van der Waals surface area contributed by atoms with Gasteiger partial charge in [-0.2, -0.15) is 0 Å². The zero-order chi connectivity index (χ0) is 14.4. The molecule has 0 spiro atoms. The minimum Gasteiger partial charge on any atom is -0.367 e. The van der Waals surface area contributed by atoms with Crippen molar-refractivity contribution in [3.05, 3.63) is 47.6 Å². The Hall–Kier alpha value is -1.94. The van der Waals surface area contributed by atoms with Crippen molar-refractivity contribution in [2.75, 3.05) is 11.9 Å². The van der Waals surface area contributed by atoms with Crippen molar-refractivity contribution < 1.29 is 0 Å². The third-order valence-corrected chi connectivity index (χ3v) is 4.08. The van der Waals surface area contributed by atoms with Crippen molar-refractivity contribution in [2.45, 2.75) is 20.3 Å². The summed E-state index contributed by atoms with van der Waals surface area (Å²) in [6, 6.07) is 4.03. The highest BCUT2D eigenvalue weighted by atomic mass is 32.1. The van der Waals surface area contributed by atoms with Crippen LogP contribution in [-0.4, -0.2) is 16.5 Å². The lowest BCUT2D eigenvalue weighted by atomic mass is 10.2. The summed E-state index contributed by atoms with van der Waals surface area (Å²) < 4.78 is 0. The summed E-state index contributed by atoms with van der Waals surface area (Å²) in [5, 5.41) is 4.19. The van der Waals surface area contributed by atoms with E-state index in [-0.39, 0.29) is 0 Å². The van der Waals surface area contributed by atoms with E-state index in [1.165, 1.54) is 4.88 Å². The Kier molecular flexibility index (Phi) is 5.07. The summed E-state index contributed by atoms with van der Waals surface area (Å²) in [5.74, 6) is 0.856. The zero-order valence-electron chi connectivity index (χ0n) is 11.9. The lowest BCUT2D eigenvalue weighted by Gasteiger charge is -2.02. The predicted molar refractivity (Wildman–Crippen MR) is 88.1 cm³/mol. The highest BCUT2D eigenvalue weighted by molar-refractivity contribution is 7.15. The van der Waals surface area contributed by atoms with Crippen molar-refractivity contribution in [1.82, 2.24) is 9.97 Å². The van der Waals surface area contributed by atoms with Crippen molar-refractivity contribution in [1.29, 1.82) is 0 Å². The quantitative estimate of drug-likeness (QED) is 0.799. The van der Waals surface area contributed by atoms with Crippen LogP contribution in [0, 0.1) is 0 Å². The average Bonchev–Trinajstić information content (AvgIpc) is 2.89. The first kappa shape index (κ1) is 14.5. The van der Waals surface area contributed by atoms with Gasteiger partial charge in [-0.15, -0.1) is 17.9 Å². The van der Waals surface area contributed by atoms with Crippen LogP contribution in [0.3, 0.4) is 0 Å². The van der Waals surface area contributed by atoms with Crippen molar-refractivity contribution in [3.63, 3.8) is 0 Å². The van der Waals surface area contributed by atoms with Gasteiger partial charge < -0.3 is 5.32 Å². The van der Waals surface area contributed by atoms with Crippen LogP contribution in [0.25, 0.3) is 16.6 Å². The smallest absolute Gasteiger partial charge is 0.126 e. The third kappa shape index (κ3) is 3.33. The number of aryl methyl sites for hydroxylation is 1. The largest absolute Gasteiger partial charge is 0.367 e. The molecule has 0 amide bonds. The van der Waals surface area contributed by atoms with Crippen LogP contribution in [0.5, 0.6) is 0 Å². The van der Waals surface area contributed by atoms with Gasteiger partial charge in [0.25, 0.3) is 0 Å². The summed E-state index contributed by atoms with van der Waals surface area (Å²) >= 11 is 1.74. The molecule has 0 aliphatic carbocycles. The SMILES string of the molecule is C=CCNc1ccc(-c2nc(C=CC)c(CC)s2)cn1. The van der Waals surface area contributed by atoms with Gasteiger partial charge in [0.2, 0.25) is 0 Å². The zero-order valence-corrected chi connectivity index (χ0v) is 12.7. The number of aromatic nitrogens is 2. The number of rotatable bonds is 6. The summed E-state index contributed by atoms with van der Waals surface area (Å²) in [7, 11) is 0. The van der Waals surface area contributed by atoms with E-state index in [9.17, 15) is 0 Å². The van der Waals surface area contributed by atoms with Crippen molar-refractivity contribution in [2.24, 2.45) is 0 Å². The Morgan fingerprint density at radius 3 is 2.85 bits per heavy atom. The van der Waals surface area contributed by atoms with Gasteiger partial charge in [0.15, 0.2) is 0 Å². The van der Waals surface area contributed by atoms with Gasteiger partial charge in [0.05, 0.1) is 5.69 Å². The first-order valence-corrected chi connectivity index (χ1v) is 7.53. The number of thiazole rings is 1. The molecule has 0 bridgehead atoms. The Morgan fingerprint density at radius 2 is 2.25 bits per heavy atom. The van der Waals surface area contributed by atoms with E-state index in [1.807, 2.05) is 31.3 Å². The van der Waals surface area contributed by atoms with E-state index >= 15 is 0 Å². The van der Waals surface area contributed by atoms with Gasteiger partial charge in [-0.3, -0.25) is 0 Å². The molecule has 0 unspecified atom stereocenters. The minimum absolute atomic E-state index is 0.717. The Morgan fingerprint density at radius 1 is 1.40 bits per heavy atom. The molecule has 4 heteroatoms. The van der Waals surface area contributed by atoms with Crippen LogP contribution in [0.15, 0.2) is 37.1 Å². The number of hydrogen-bond acceptors (Lipinski definition) is 4. The van der Waals surface area contributed by atoms with Crippen LogP contribution < -0.4 is 5.32 Å². The van der Waals surface area contributed by atoms with Crippen LogP contribution in [-0.2, 0) is 6.42 Å². The van der Waals surface area contributed by atoms with E-state index < -0.39 is 0 Å². The maximum Gasteiger partial charge on any atom is 0.126 e. The highest BCUT2D eigenvalue weighted by Gasteiger charge is 2.09. The molecule has 0 aromatic carbocycles. The van der Waals surface area contributed by atoms with Gasteiger partial charge in [-0.1, -0.05) is 19.1 Å². The number of anilines is 1. The van der Waals surface area contributed by atoms with Crippen molar-refractivity contribution >= 4 is 23.2 Å². The number of pyridine rings is 1. The highest BCUT2D eigenvalue weighted by Crippen LogP contribution is 2.29. The molecule has 0 aliphatic rings. The number of nitrogens with zero attached hydrogens (tertiary/aromatic N) is 2. The Bertz CT molecular complexity index is 597. The second-order valence-electron chi connectivity index (χ2n) is 4.28. The second kappa shape index (κ2) is 7.01. The van der Waals surface area contributed by atoms with Crippen LogP contribution in [0.2, 0.25) is 0 Å². The Balaban J connectivity index is 2.24. The van der Waals surface area contributed by atoms with Gasteiger partial charge in [-0.05, 0) is 31.6 Å². The molecule has 0 saturated carbocycles. The molecule has 1 N–H and O–H groups in total. The van der Waals surface area contributed by atoms with Gasteiger partial charge in [0.1, 0.15) is 10.8 Å². The van der Waals surface area contributed by atoms with Gasteiger partial charge in [0, 0.05) is 23.2 Å². The lowest BCUT2D eigenvalue weighted by molar-refractivity contribution is 1.15. The van der Waals surface area contributed by atoms with E-state index in [1.54, 1.807) is 11.3 Å². The van der Waals surface area contributed by atoms with E-state index in [4.69, 9.17) is 0 Å². The van der Waals surface area contributed by atoms with Gasteiger partial charge >= 0.3 is 0 Å². The fraction of sp³-hybridized carbons (Fsp3) is 0.250. The molecule has 2 aromatic rings. The Labute approximate surface area is 124 Å². The maximum atomic E-state index is 4.69. The standard InChI is InChI=1S/C16H19N3S/c1-4-7-13-14(6-3)20-16(19-13)12-8-9-15(18-11-12)17-10-5-2/h4-5,7-9,11H,2,6,10H2,1,3H3,(H,17,18). The molecule has 2 rings (SSSR count). The van der Waals surface area contributed by atoms with E-state index in [2.05, 4.69) is 40.9 Å². The predicted octanol–water partition coefficient (Wildman–Crippen LogP) is 4.40.